The summed E-state index contributed by atoms with van der Waals surface area (Å²) in [5.41, 5.74) is 19.5. The summed E-state index contributed by atoms with van der Waals surface area (Å²) in [6, 6.07) is 3.55. The monoisotopic (exact) mass is 489 g/mol. The quantitative estimate of drug-likeness (QED) is 0.595. The standard InChI is InChI=1S/C22H25Cl2N7O2/c23-13-5-1-3-11(15(13)24)14-16(19(27)32)29-21(30-18(14)26)31-9-6-22(7-10-31)17(25)12-4-2-8-28-20(12)33-22/h2,4,8,11,17H,1,3,5-7,9-10,25H2,(H2,27,32)(H2,26,29,30)/t11?,17-/m0/s1. The molecule has 4 heterocycles. The molecule has 1 unspecified atom stereocenters. The number of carbonyl (C=O) groups excluding carboxylic acids is 1. The van der Waals surface area contributed by atoms with Gasteiger partial charge in [0.15, 0.2) is 0 Å². The maximum Gasteiger partial charge on any atom is 0.267 e. The Bertz CT molecular complexity index is 1150. The molecule has 2 aromatic rings. The van der Waals surface area contributed by atoms with Gasteiger partial charge in [0.2, 0.25) is 11.8 Å². The number of ether oxygens (including phenoxy) is 1. The number of piperidine rings is 1. The number of amides is 1. The highest BCUT2D eigenvalue weighted by Crippen LogP contribution is 2.47. The zero-order valence-corrected chi connectivity index (χ0v) is 19.4. The first kappa shape index (κ1) is 22.2. The van der Waals surface area contributed by atoms with Gasteiger partial charge >= 0.3 is 0 Å². The van der Waals surface area contributed by atoms with Crippen molar-refractivity contribution in [1.82, 2.24) is 15.0 Å². The molecule has 0 saturated carbocycles. The number of allylic oxidation sites excluding steroid dienone is 2. The van der Waals surface area contributed by atoms with Crippen molar-refractivity contribution in [2.24, 2.45) is 11.5 Å². The number of hydrogen-bond donors (Lipinski definition) is 3. The van der Waals surface area contributed by atoms with E-state index in [4.69, 9.17) is 45.1 Å². The Morgan fingerprint density at radius 2 is 2.00 bits per heavy atom. The number of nitrogen functional groups attached to an aromatic ring is 1. The predicted molar refractivity (Wildman–Crippen MR) is 126 cm³/mol. The van der Waals surface area contributed by atoms with Crippen LogP contribution in [0.25, 0.3) is 0 Å². The molecule has 0 aromatic carbocycles. The highest BCUT2D eigenvalue weighted by molar-refractivity contribution is 6.39. The van der Waals surface area contributed by atoms with E-state index in [1.807, 2.05) is 17.0 Å². The Kier molecular flexibility index (Phi) is 5.58. The zero-order chi connectivity index (χ0) is 23.3. The van der Waals surface area contributed by atoms with Crippen molar-refractivity contribution in [2.45, 2.75) is 49.7 Å². The second-order valence-electron chi connectivity index (χ2n) is 8.76. The molecular formula is C22H25Cl2N7O2. The van der Waals surface area contributed by atoms with Crippen LogP contribution >= 0.6 is 23.2 Å². The van der Waals surface area contributed by atoms with Crippen molar-refractivity contribution in [3.8, 4) is 5.88 Å². The minimum absolute atomic E-state index is 0.0812. The van der Waals surface area contributed by atoms with Gasteiger partial charge in [0.05, 0.1) is 6.04 Å². The molecule has 1 saturated heterocycles. The number of primary amides is 1. The second kappa shape index (κ2) is 8.30. The third-order valence-corrected chi connectivity index (χ3v) is 7.88. The van der Waals surface area contributed by atoms with Crippen molar-refractivity contribution >= 4 is 40.9 Å². The lowest BCUT2D eigenvalue weighted by atomic mass is 9.83. The van der Waals surface area contributed by atoms with Crippen molar-refractivity contribution in [2.75, 3.05) is 23.7 Å². The lowest BCUT2D eigenvalue weighted by molar-refractivity contribution is 0.0396. The molecule has 0 bridgehead atoms. The normalized spacial score (nSPS) is 24.0. The number of carbonyl (C=O) groups is 1. The maximum absolute atomic E-state index is 12.3. The lowest BCUT2D eigenvalue weighted by Gasteiger charge is -2.40. The van der Waals surface area contributed by atoms with Gasteiger partial charge in [-0.25, -0.2) is 9.97 Å². The summed E-state index contributed by atoms with van der Waals surface area (Å²) in [5.74, 6) is 0.112. The molecule has 2 aliphatic heterocycles. The summed E-state index contributed by atoms with van der Waals surface area (Å²) < 4.78 is 6.20. The summed E-state index contributed by atoms with van der Waals surface area (Å²) in [5, 5.41) is 1.03. The number of hydrogen-bond acceptors (Lipinski definition) is 8. The van der Waals surface area contributed by atoms with Gasteiger partial charge in [-0.15, -0.1) is 0 Å². The number of nitrogens with two attached hydrogens (primary N) is 3. The third kappa shape index (κ3) is 3.68. The number of anilines is 2. The van der Waals surface area contributed by atoms with Crippen molar-refractivity contribution < 1.29 is 9.53 Å². The molecule has 1 spiro atoms. The topological polar surface area (TPSA) is 146 Å². The highest BCUT2D eigenvalue weighted by atomic mass is 35.5. The van der Waals surface area contributed by atoms with Crippen LogP contribution in [0.1, 0.15) is 65.7 Å². The van der Waals surface area contributed by atoms with Gasteiger partial charge in [-0.1, -0.05) is 29.3 Å². The second-order valence-corrected chi connectivity index (χ2v) is 9.63. The Labute approximate surface area is 201 Å². The van der Waals surface area contributed by atoms with E-state index in [1.54, 1.807) is 6.20 Å². The number of fused-ring (bicyclic) bond motifs is 1. The molecule has 11 heteroatoms. The van der Waals surface area contributed by atoms with Crippen LogP contribution in [-0.4, -0.2) is 39.5 Å². The lowest BCUT2D eigenvalue weighted by Crippen LogP contribution is -2.52. The third-order valence-electron chi connectivity index (χ3n) is 6.89. The number of aromatic nitrogens is 3. The van der Waals surface area contributed by atoms with E-state index in [-0.39, 0.29) is 23.5 Å². The summed E-state index contributed by atoms with van der Waals surface area (Å²) in [6.07, 6.45) is 5.20. The van der Waals surface area contributed by atoms with E-state index in [0.29, 0.717) is 66.2 Å². The van der Waals surface area contributed by atoms with Gasteiger partial charge in [-0.3, -0.25) is 4.79 Å². The largest absolute Gasteiger partial charge is 0.469 e. The van der Waals surface area contributed by atoms with E-state index in [2.05, 4.69) is 15.0 Å². The molecule has 2 atom stereocenters. The Balaban J connectivity index is 1.41. The Hall–Kier alpha value is -2.62. The van der Waals surface area contributed by atoms with Crippen LogP contribution < -0.4 is 26.8 Å². The van der Waals surface area contributed by atoms with E-state index in [0.717, 1.165) is 12.0 Å². The number of rotatable bonds is 3. The fourth-order valence-electron chi connectivity index (χ4n) is 5.08. The van der Waals surface area contributed by atoms with Crippen LogP contribution in [-0.2, 0) is 0 Å². The SMILES string of the molecule is NC(=O)c1nc(N2CCC3(CC2)Oc2ncccc2[C@@H]3N)nc(N)c1C1CCCC(Cl)=C1Cl. The van der Waals surface area contributed by atoms with Gasteiger partial charge in [0, 0.05) is 59.2 Å². The van der Waals surface area contributed by atoms with Crippen LogP contribution in [0.5, 0.6) is 5.88 Å². The molecule has 1 fully saturated rings. The Morgan fingerprint density at radius 1 is 1.24 bits per heavy atom. The maximum atomic E-state index is 12.3. The van der Waals surface area contributed by atoms with Crippen LogP contribution in [0, 0.1) is 0 Å². The van der Waals surface area contributed by atoms with Gasteiger partial charge in [0.25, 0.3) is 5.91 Å². The molecule has 6 N–H and O–H groups in total. The number of halogens is 2. The highest BCUT2D eigenvalue weighted by Gasteiger charge is 2.49. The van der Waals surface area contributed by atoms with Crippen molar-refractivity contribution in [1.29, 1.82) is 0 Å². The summed E-state index contributed by atoms with van der Waals surface area (Å²) in [7, 11) is 0. The average molecular weight is 490 g/mol. The van der Waals surface area contributed by atoms with Crippen LogP contribution in [0.3, 0.4) is 0 Å². The van der Waals surface area contributed by atoms with E-state index >= 15 is 0 Å². The van der Waals surface area contributed by atoms with E-state index < -0.39 is 11.5 Å². The van der Waals surface area contributed by atoms with Crippen LogP contribution in [0.15, 0.2) is 28.4 Å². The molecule has 5 rings (SSSR count). The van der Waals surface area contributed by atoms with Gasteiger partial charge < -0.3 is 26.8 Å². The minimum atomic E-state index is -0.678. The molecule has 3 aliphatic rings. The molecule has 0 radical (unpaired) electrons. The smallest absolute Gasteiger partial charge is 0.267 e. The van der Waals surface area contributed by atoms with Crippen molar-refractivity contribution in [3.05, 3.63) is 45.2 Å². The van der Waals surface area contributed by atoms with E-state index in [9.17, 15) is 4.79 Å². The van der Waals surface area contributed by atoms with Crippen LogP contribution in [0.4, 0.5) is 11.8 Å². The molecule has 1 amide bonds. The first-order valence-electron chi connectivity index (χ1n) is 11.0. The number of pyridine rings is 1. The molecule has 2 aromatic heterocycles. The molecular weight excluding hydrogens is 465 g/mol. The summed E-state index contributed by atoms with van der Waals surface area (Å²) in [4.78, 5) is 27.7. The fraction of sp³-hybridized carbons (Fsp3) is 0.455. The molecule has 33 heavy (non-hydrogen) atoms. The van der Waals surface area contributed by atoms with Crippen molar-refractivity contribution in [3.63, 3.8) is 0 Å². The first-order valence-corrected chi connectivity index (χ1v) is 11.7. The predicted octanol–water partition coefficient (Wildman–Crippen LogP) is 2.94. The fourth-order valence-corrected chi connectivity index (χ4v) is 5.66. The average Bonchev–Trinajstić information content (AvgIpc) is 3.07. The minimum Gasteiger partial charge on any atom is -0.469 e. The van der Waals surface area contributed by atoms with Gasteiger partial charge in [-0.2, -0.15) is 4.98 Å². The van der Waals surface area contributed by atoms with Gasteiger partial charge in [-0.05, 0) is 25.3 Å². The summed E-state index contributed by atoms with van der Waals surface area (Å²) >= 11 is 12.7. The molecule has 9 nitrogen and oxygen atoms in total. The number of nitrogens with zero attached hydrogens (tertiary/aromatic N) is 4. The van der Waals surface area contributed by atoms with E-state index in [1.165, 1.54) is 0 Å². The zero-order valence-electron chi connectivity index (χ0n) is 17.9. The van der Waals surface area contributed by atoms with Gasteiger partial charge in [0.1, 0.15) is 17.1 Å². The van der Waals surface area contributed by atoms with Crippen LogP contribution in [0.2, 0.25) is 0 Å². The summed E-state index contributed by atoms with van der Waals surface area (Å²) in [6.45, 7) is 1.16. The Morgan fingerprint density at radius 3 is 2.70 bits per heavy atom. The molecule has 174 valence electrons. The molecule has 1 aliphatic carbocycles. The first-order chi connectivity index (χ1) is 15.8.